The zero-order valence-corrected chi connectivity index (χ0v) is 36.3. The van der Waals surface area contributed by atoms with Crippen molar-refractivity contribution in [3.05, 3.63) is 119 Å². The number of anilines is 2. The number of rotatable bonds is 15. The number of fused-ring (bicyclic) bond motifs is 3. The van der Waals surface area contributed by atoms with Crippen LogP contribution in [-0.4, -0.2) is 83.7 Å². The van der Waals surface area contributed by atoms with Crippen molar-refractivity contribution in [1.29, 1.82) is 0 Å². The monoisotopic (exact) mass is 845 g/mol. The molecule has 1 unspecified atom stereocenters. The molecule has 1 aliphatic heterocycles. The van der Waals surface area contributed by atoms with Gasteiger partial charge in [0.2, 0.25) is 5.91 Å². The number of amides is 3. The van der Waals surface area contributed by atoms with E-state index < -0.39 is 59.3 Å². The first kappa shape index (κ1) is 45.0. The van der Waals surface area contributed by atoms with E-state index in [0.717, 1.165) is 33.4 Å². The number of aryl methyl sites for hydroxylation is 1. The number of hydrazine groups is 1. The zero-order valence-electron chi connectivity index (χ0n) is 36.3. The van der Waals surface area contributed by atoms with Gasteiger partial charge in [0, 0.05) is 17.8 Å². The summed E-state index contributed by atoms with van der Waals surface area (Å²) in [5.41, 5.74) is 12.7. The Balaban J connectivity index is 1.05. The molecule has 0 saturated carbocycles. The van der Waals surface area contributed by atoms with Gasteiger partial charge in [-0.05, 0) is 110 Å². The number of carbonyl (C=O) groups excluding carboxylic acids is 5. The number of benzene rings is 4. The molecule has 0 radical (unpaired) electrons. The largest absolute Gasteiger partial charge is 0.496 e. The van der Waals surface area contributed by atoms with Gasteiger partial charge < -0.3 is 35.0 Å². The van der Waals surface area contributed by atoms with Crippen LogP contribution in [0.25, 0.3) is 16.7 Å². The lowest BCUT2D eigenvalue weighted by Gasteiger charge is -2.24. The fraction of sp³-hybridized carbons (Fsp3) is 0.354. The maximum atomic E-state index is 14.1. The number of hydrogen-bond donors (Lipinski definition) is 5. The molecule has 4 aromatic rings. The van der Waals surface area contributed by atoms with Gasteiger partial charge >= 0.3 is 12.1 Å². The lowest BCUT2D eigenvalue weighted by atomic mass is 9.97. The van der Waals surface area contributed by atoms with E-state index in [1.54, 1.807) is 78.9 Å². The van der Waals surface area contributed by atoms with E-state index in [1.807, 2.05) is 60.7 Å². The number of methoxy groups -OCH3 is 1. The van der Waals surface area contributed by atoms with Crippen LogP contribution in [0.1, 0.15) is 86.5 Å². The van der Waals surface area contributed by atoms with Crippen molar-refractivity contribution in [2.75, 3.05) is 31.1 Å². The summed E-state index contributed by atoms with van der Waals surface area (Å²) < 4.78 is 16.5. The molecule has 1 aliphatic carbocycles. The summed E-state index contributed by atoms with van der Waals surface area (Å²) in [6.45, 7) is 11.8. The molecular weight excluding hydrogens is 791 g/mol. The molecule has 0 fully saturated rings. The number of Topliss-reactive ketones (excluding diaryl/α,β-unsaturated/α-hetero) is 1. The fourth-order valence-corrected chi connectivity index (χ4v) is 7.62. The smallest absolute Gasteiger partial charge is 0.412 e. The van der Waals surface area contributed by atoms with E-state index in [1.165, 1.54) is 12.0 Å². The lowest BCUT2D eigenvalue weighted by Crippen LogP contribution is -2.53. The minimum absolute atomic E-state index is 0.00722. The molecule has 1 heterocycles. The quantitative estimate of drug-likeness (QED) is 0.0473. The lowest BCUT2D eigenvalue weighted by molar-refractivity contribution is -0.155. The number of ether oxygens (including phenoxy) is 3. The van der Waals surface area contributed by atoms with Crippen LogP contribution < -0.4 is 26.2 Å². The van der Waals surface area contributed by atoms with E-state index in [0.29, 0.717) is 23.4 Å². The van der Waals surface area contributed by atoms with Crippen LogP contribution >= 0.6 is 0 Å². The van der Waals surface area contributed by atoms with Gasteiger partial charge in [-0.1, -0.05) is 74.5 Å². The number of hydrogen-bond acceptors (Lipinski definition) is 11. The summed E-state index contributed by atoms with van der Waals surface area (Å²) in [5, 5.41) is 15.7. The maximum absolute atomic E-state index is 14.1. The Kier molecular flexibility index (Phi) is 13.8. The first-order valence-electron chi connectivity index (χ1n) is 20.6. The fourth-order valence-electron chi connectivity index (χ4n) is 7.62. The average molecular weight is 846 g/mol. The highest BCUT2D eigenvalue weighted by Gasteiger charge is 2.35. The van der Waals surface area contributed by atoms with E-state index in [2.05, 4.69) is 21.5 Å². The molecule has 3 atom stereocenters. The van der Waals surface area contributed by atoms with Crippen LogP contribution in [0.5, 0.6) is 5.75 Å². The van der Waals surface area contributed by atoms with Crippen molar-refractivity contribution >= 4 is 46.6 Å². The van der Waals surface area contributed by atoms with Gasteiger partial charge in [0.15, 0.2) is 0 Å². The van der Waals surface area contributed by atoms with E-state index in [-0.39, 0.29) is 30.4 Å². The van der Waals surface area contributed by atoms with E-state index >= 15 is 0 Å². The van der Waals surface area contributed by atoms with Crippen molar-refractivity contribution in [3.8, 4) is 16.9 Å². The molecule has 326 valence electrons. The van der Waals surface area contributed by atoms with Gasteiger partial charge in [0.1, 0.15) is 30.0 Å². The Morgan fingerprint density at radius 1 is 0.887 bits per heavy atom. The third-order valence-electron chi connectivity index (χ3n) is 10.9. The Morgan fingerprint density at radius 2 is 1.52 bits per heavy atom. The SMILES string of the molecule is COc1cc(C(=O)N2C=C(c3ccc(NN[C@@H](C)C(=O)NC(C(=O)C(=O)OCC4c5ccccc5-c5ccccc54)C(C)C)cc3)C[C@H]2CO)c(NC(=O)OC(C)(C)C)cc1C. The van der Waals surface area contributed by atoms with Crippen molar-refractivity contribution in [3.63, 3.8) is 0 Å². The van der Waals surface area contributed by atoms with Crippen molar-refractivity contribution in [1.82, 2.24) is 15.6 Å². The van der Waals surface area contributed by atoms with Crippen molar-refractivity contribution in [2.24, 2.45) is 5.92 Å². The molecule has 0 aromatic heterocycles. The summed E-state index contributed by atoms with van der Waals surface area (Å²) in [5.74, 6) is -2.92. The molecule has 5 N–H and O–H groups in total. The predicted octanol–water partition coefficient (Wildman–Crippen LogP) is 6.97. The van der Waals surface area contributed by atoms with E-state index in [9.17, 15) is 29.1 Å². The summed E-state index contributed by atoms with van der Waals surface area (Å²) in [4.78, 5) is 68.0. The van der Waals surface area contributed by atoms with Gasteiger partial charge in [-0.3, -0.25) is 19.7 Å². The van der Waals surface area contributed by atoms with Gasteiger partial charge in [0.05, 0.1) is 31.0 Å². The Bertz CT molecular complexity index is 2320. The molecule has 62 heavy (non-hydrogen) atoms. The molecule has 0 spiro atoms. The van der Waals surface area contributed by atoms with Crippen LogP contribution in [-0.2, 0) is 23.9 Å². The molecule has 0 bridgehead atoms. The van der Waals surface area contributed by atoms with Crippen molar-refractivity contribution in [2.45, 2.75) is 84.5 Å². The number of carbonyl (C=O) groups is 5. The summed E-state index contributed by atoms with van der Waals surface area (Å²) >= 11 is 0. The number of ketones is 1. The average Bonchev–Trinajstić information content (AvgIpc) is 3.82. The third kappa shape index (κ3) is 10.2. The molecule has 0 saturated heterocycles. The number of esters is 1. The first-order chi connectivity index (χ1) is 29.5. The minimum atomic E-state index is -1.10. The number of aliphatic hydroxyl groups excluding tert-OH is 1. The summed E-state index contributed by atoms with van der Waals surface area (Å²) in [6.07, 6.45) is 1.34. The molecule has 2 aliphatic rings. The molecule has 6 rings (SSSR count). The molecule has 14 heteroatoms. The first-order valence-corrected chi connectivity index (χ1v) is 20.6. The van der Waals surface area contributed by atoms with Crippen LogP contribution in [0.4, 0.5) is 16.2 Å². The van der Waals surface area contributed by atoms with Gasteiger partial charge in [-0.15, -0.1) is 0 Å². The van der Waals surface area contributed by atoms with Crippen LogP contribution in [0.3, 0.4) is 0 Å². The molecule has 14 nitrogen and oxygen atoms in total. The second-order valence-corrected chi connectivity index (χ2v) is 16.9. The van der Waals surface area contributed by atoms with Gasteiger partial charge in [0.25, 0.3) is 11.7 Å². The van der Waals surface area contributed by atoms with Crippen molar-refractivity contribution < 1.29 is 43.3 Å². The van der Waals surface area contributed by atoms with E-state index in [4.69, 9.17) is 14.2 Å². The Hall–Kier alpha value is -6.51. The highest BCUT2D eigenvalue weighted by molar-refractivity contribution is 6.36. The second kappa shape index (κ2) is 19.0. The normalized spacial score (nSPS) is 15.5. The van der Waals surface area contributed by atoms with Gasteiger partial charge in [-0.2, -0.15) is 0 Å². The summed E-state index contributed by atoms with van der Waals surface area (Å²) in [6, 6.07) is 23.8. The summed E-state index contributed by atoms with van der Waals surface area (Å²) in [7, 11) is 1.49. The third-order valence-corrected chi connectivity index (χ3v) is 10.9. The van der Waals surface area contributed by atoms with Crippen LogP contribution in [0.2, 0.25) is 0 Å². The topological polar surface area (TPSA) is 185 Å². The Morgan fingerprint density at radius 3 is 2.10 bits per heavy atom. The predicted molar refractivity (Wildman–Crippen MR) is 236 cm³/mol. The second-order valence-electron chi connectivity index (χ2n) is 16.9. The molecule has 3 amide bonds. The Labute approximate surface area is 362 Å². The van der Waals surface area contributed by atoms with Crippen LogP contribution in [0, 0.1) is 12.8 Å². The highest BCUT2D eigenvalue weighted by Crippen LogP contribution is 2.44. The number of aliphatic hydroxyl groups is 1. The molecular formula is C48H55N5O9. The van der Waals surface area contributed by atoms with Crippen LogP contribution in [0.15, 0.2) is 91.1 Å². The maximum Gasteiger partial charge on any atom is 0.412 e. The minimum Gasteiger partial charge on any atom is -0.496 e. The standard InChI is InChI=1S/C48H55N5O9/c1-27(2)42(43(55)46(58)61-26-39-36-15-11-9-13-34(36)35-14-10-12-16-37(35)39)50-44(56)29(4)51-52-32-19-17-30(18-20-32)31-22-33(25-54)53(24-31)45(57)38-23-41(60-8)28(3)21-40(38)49-47(59)62-48(5,6)7/h9-21,23-24,27,29,33,39,42,51-52,54H,22,25-26H2,1-8H3,(H,49,59)(H,50,56)/t29-,33-,42?/m0/s1. The number of nitrogens with zero attached hydrogens (tertiary/aromatic N) is 1. The molecule has 4 aromatic carbocycles. The van der Waals surface area contributed by atoms with Gasteiger partial charge in [-0.25, -0.2) is 15.0 Å². The zero-order chi connectivity index (χ0) is 44.9. The highest BCUT2D eigenvalue weighted by atomic mass is 16.6. The number of nitrogens with one attached hydrogen (secondary N) is 4.